The van der Waals surface area contributed by atoms with Gasteiger partial charge >= 0.3 is 0 Å². The molecular weight excluding hydrogens is 202 g/mol. The number of phenolic OH excluding ortho intramolecular Hbond substituents is 1. The Morgan fingerprint density at radius 1 is 1.60 bits per heavy atom. The first-order valence-corrected chi connectivity index (χ1v) is 4.04. The van der Waals surface area contributed by atoms with Gasteiger partial charge in [0.2, 0.25) is 0 Å². The Hall–Kier alpha value is -1.95. The minimum atomic E-state index is -0.633. The summed E-state index contributed by atoms with van der Waals surface area (Å²) < 4.78 is 4.74. The lowest BCUT2D eigenvalue weighted by molar-refractivity contribution is -0.385. The van der Waals surface area contributed by atoms with Crippen LogP contribution in [0.3, 0.4) is 0 Å². The lowest BCUT2D eigenvalue weighted by atomic mass is 10.1. The van der Waals surface area contributed by atoms with Crippen molar-refractivity contribution in [2.75, 3.05) is 7.11 Å². The number of carbonyl (C=O) groups excluding carboxylic acids is 1. The fraction of sp³-hybridized carbons (Fsp3) is 0.222. The van der Waals surface area contributed by atoms with Gasteiger partial charge in [0.15, 0.2) is 6.29 Å². The van der Waals surface area contributed by atoms with E-state index in [-0.39, 0.29) is 29.2 Å². The molecule has 0 amide bonds. The standard InChI is InChI=1S/C9H9NO5/c1-15-5-7-3-8(10(13)14)2-6(4-11)9(7)12/h2-4,12H,5H2,1H3. The van der Waals surface area contributed by atoms with Crippen LogP contribution in [0.25, 0.3) is 0 Å². The predicted octanol–water partition coefficient (Wildman–Crippen LogP) is 1.26. The van der Waals surface area contributed by atoms with Crippen LogP contribution in [0.2, 0.25) is 0 Å². The molecule has 0 aliphatic heterocycles. The van der Waals surface area contributed by atoms with E-state index in [2.05, 4.69) is 0 Å². The summed E-state index contributed by atoms with van der Waals surface area (Å²) in [5.74, 6) is -0.280. The molecule has 0 saturated carbocycles. The third-order valence-corrected chi connectivity index (χ3v) is 1.84. The van der Waals surface area contributed by atoms with E-state index in [0.717, 1.165) is 6.07 Å². The van der Waals surface area contributed by atoms with E-state index in [1.807, 2.05) is 0 Å². The van der Waals surface area contributed by atoms with Crippen LogP contribution in [0.5, 0.6) is 5.75 Å². The van der Waals surface area contributed by atoms with Crippen molar-refractivity contribution < 1.29 is 19.6 Å². The molecule has 0 bridgehead atoms. The second-order valence-electron chi connectivity index (χ2n) is 2.85. The van der Waals surface area contributed by atoms with Gasteiger partial charge in [0.25, 0.3) is 5.69 Å². The highest BCUT2D eigenvalue weighted by Gasteiger charge is 2.15. The molecule has 80 valence electrons. The van der Waals surface area contributed by atoms with Gasteiger partial charge in [-0.05, 0) is 0 Å². The van der Waals surface area contributed by atoms with E-state index >= 15 is 0 Å². The average molecular weight is 211 g/mol. The summed E-state index contributed by atoms with van der Waals surface area (Å²) in [4.78, 5) is 20.4. The van der Waals surface area contributed by atoms with E-state index < -0.39 is 4.92 Å². The molecule has 0 atom stereocenters. The summed E-state index contributed by atoms with van der Waals surface area (Å²) in [5, 5.41) is 20.0. The smallest absolute Gasteiger partial charge is 0.270 e. The van der Waals surface area contributed by atoms with E-state index in [0.29, 0.717) is 6.29 Å². The molecule has 0 fully saturated rings. The molecule has 0 spiro atoms. The van der Waals surface area contributed by atoms with Crippen LogP contribution in [-0.2, 0) is 11.3 Å². The fourth-order valence-corrected chi connectivity index (χ4v) is 1.16. The van der Waals surface area contributed by atoms with Gasteiger partial charge in [-0.25, -0.2) is 0 Å². The van der Waals surface area contributed by atoms with Crippen LogP contribution in [0.15, 0.2) is 12.1 Å². The molecule has 0 saturated heterocycles. The van der Waals surface area contributed by atoms with Crippen LogP contribution in [-0.4, -0.2) is 23.4 Å². The first-order valence-electron chi connectivity index (χ1n) is 4.04. The number of non-ortho nitro benzene ring substituents is 1. The van der Waals surface area contributed by atoms with E-state index in [1.54, 1.807) is 0 Å². The first-order chi connectivity index (χ1) is 7.10. The molecule has 6 heteroatoms. The topological polar surface area (TPSA) is 89.7 Å². The highest BCUT2D eigenvalue weighted by atomic mass is 16.6. The van der Waals surface area contributed by atoms with Crippen molar-refractivity contribution in [1.82, 2.24) is 0 Å². The minimum absolute atomic E-state index is 0.00829. The van der Waals surface area contributed by atoms with Gasteiger partial charge in [-0.15, -0.1) is 0 Å². The van der Waals surface area contributed by atoms with Crippen LogP contribution in [0, 0.1) is 10.1 Å². The third-order valence-electron chi connectivity index (χ3n) is 1.84. The maximum atomic E-state index is 10.5. The highest BCUT2D eigenvalue weighted by molar-refractivity contribution is 5.81. The van der Waals surface area contributed by atoms with Gasteiger partial charge in [0, 0.05) is 24.8 Å². The second-order valence-corrected chi connectivity index (χ2v) is 2.85. The Labute approximate surface area is 85.2 Å². The van der Waals surface area contributed by atoms with Gasteiger partial charge < -0.3 is 9.84 Å². The molecule has 0 heterocycles. The van der Waals surface area contributed by atoms with Gasteiger partial charge in [0.1, 0.15) is 5.75 Å². The number of benzene rings is 1. The molecule has 1 aromatic rings. The van der Waals surface area contributed by atoms with Crippen molar-refractivity contribution >= 4 is 12.0 Å². The molecule has 6 nitrogen and oxygen atoms in total. The number of hydrogen-bond donors (Lipinski definition) is 1. The number of hydrogen-bond acceptors (Lipinski definition) is 5. The summed E-state index contributed by atoms with van der Waals surface area (Å²) in [6.07, 6.45) is 0.363. The predicted molar refractivity (Wildman–Crippen MR) is 50.9 cm³/mol. The van der Waals surface area contributed by atoms with Crippen molar-refractivity contribution in [3.63, 3.8) is 0 Å². The van der Waals surface area contributed by atoms with Crippen molar-refractivity contribution in [1.29, 1.82) is 0 Å². The normalized spacial score (nSPS) is 9.93. The zero-order valence-electron chi connectivity index (χ0n) is 7.97. The molecule has 15 heavy (non-hydrogen) atoms. The summed E-state index contributed by atoms with van der Waals surface area (Å²) in [6.45, 7) is 0.00829. The number of nitro groups is 1. The van der Waals surface area contributed by atoms with Gasteiger partial charge in [-0.2, -0.15) is 0 Å². The molecule has 1 rings (SSSR count). The number of methoxy groups -OCH3 is 1. The number of nitrogens with zero attached hydrogens (tertiary/aromatic N) is 1. The van der Waals surface area contributed by atoms with Gasteiger partial charge in [-0.1, -0.05) is 0 Å². The minimum Gasteiger partial charge on any atom is -0.507 e. The number of nitro benzene ring substituents is 1. The van der Waals surface area contributed by atoms with E-state index in [4.69, 9.17) is 4.74 Å². The lowest BCUT2D eigenvalue weighted by Crippen LogP contribution is -1.96. The van der Waals surface area contributed by atoms with E-state index in [1.165, 1.54) is 13.2 Å². The van der Waals surface area contributed by atoms with Crippen molar-refractivity contribution in [2.24, 2.45) is 0 Å². The SMILES string of the molecule is COCc1cc([N+](=O)[O-])cc(C=O)c1O. The number of phenols is 1. The zero-order chi connectivity index (χ0) is 11.4. The number of aldehydes is 1. The van der Waals surface area contributed by atoms with Gasteiger partial charge in [-0.3, -0.25) is 14.9 Å². The quantitative estimate of drug-likeness (QED) is 0.460. The molecule has 0 unspecified atom stereocenters. The Balaban J connectivity index is 3.31. The molecule has 1 N–H and O–H groups in total. The van der Waals surface area contributed by atoms with Crippen molar-refractivity contribution in [3.05, 3.63) is 33.4 Å². The maximum absolute atomic E-state index is 10.5. The monoisotopic (exact) mass is 211 g/mol. The molecule has 0 aliphatic rings. The number of aromatic hydroxyl groups is 1. The third kappa shape index (κ3) is 2.29. The summed E-state index contributed by atoms with van der Waals surface area (Å²) >= 11 is 0. The lowest BCUT2D eigenvalue weighted by Gasteiger charge is -2.05. The van der Waals surface area contributed by atoms with Gasteiger partial charge in [0.05, 0.1) is 17.1 Å². The number of ether oxygens (including phenoxy) is 1. The molecule has 1 aromatic carbocycles. The van der Waals surface area contributed by atoms with Crippen LogP contribution < -0.4 is 0 Å². The fourth-order valence-electron chi connectivity index (χ4n) is 1.16. The van der Waals surface area contributed by atoms with Crippen LogP contribution >= 0.6 is 0 Å². The first kappa shape index (κ1) is 11.1. The Morgan fingerprint density at radius 2 is 2.27 bits per heavy atom. The number of carbonyl (C=O) groups is 1. The summed E-state index contributed by atoms with van der Waals surface area (Å²) in [5.41, 5.74) is -0.146. The molecule has 0 aromatic heterocycles. The van der Waals surface area contributed by atoms with Crippen molar-refractivity contribution in [2.45, 2.75) is 6.61 Å². The molecular formula is C9H9NO5. The summed E-state index contributed by atoms with van der Waals surface area (Å²) in [7, 11) is 1.39. The Morgan fingerprint density at radius 3 is 2.73 bits per heavy atom. The molecule has 0 aliphatic carbocycles. The highest BCUT2D eigenvalue weighted by Crippen LogP contribution is 2.27. The van der Waals surface area contributed by atoms with Crippen LogP contribution in [0.1, 0.15) is 15.9 Å². The van der Waals surface area contributed by atoms with E-state index in [9.17, 15) is 20.0 Å². The Bertz CT molecular complexity index is 402. The second kappa shape index (κ2) is 4.52. The largest absolute Gasteiger partial charge is 0.507 e. The van der Waals surface area contributed by atoms with Crippen LogP contribution in [0.4, 0.5) is 5.69 Å². The molecule has 0 radical (unpaired) electrons. The average Bonchev–Trinajstić information content (AvgIpc) is 2.21. The maximum Gasteiger partial charge on any atom is 0.270 e. The summed E-state index contributed by atoms with van der Waals surface area (Å²) in [6, 6.07) is 2.19. The zero-order valence-corrected chi connectivity index (χ0v) is 7.97. The Kier molecular flexibility index (Phi) is 3.35. The number of rotatable bonds is 4. The van der Waals surface area contributed by atoms with Crippen molar-refractivity contribution in [3.8, 4) is 5.75 Å².